The fourth-order valence-electron chi connectivity index (χ4n) is 2.41. The monoisotopic (exact) mass is 404 g/mol. The molecule has 10 heteroatoms. The fraction of sp³-hybridized carbons (Fsp3) is 0.222. The van der Waals surface area contributed by atoms with Crippen LogP contribution in [0.15, 0.2) is 54.9 Å². The van der Waals surface area contributed by atoms with Crippen molar-refractivity contribution in [2.24, 2.45) is 0 Å². The van der Waals surface area contributed by atoms with Gasteiger partial charge in [-0.2, -0.15) is 5.10 Å². The highest BCUT2D eigenvalue weighted by Gasteiger charge is 2.12. The highest BCUT2D eigenvalue weighted by atomic mass is 32.2. The SMILES string of the molecule is COc1ccc(OCC(=O)NCCS(=O)(=O)Nc2ccn3nccc3c2)cc1. The maximum absolute atomic E-state index is 12.2. The molecule has 0 spiro atoms. The van der Waals surface area contributed by atoms with E-state index in [4.69, 9.17) is 9.47 Å². The van der Waals surface area contributed by atoms with Gasteiger partial charge in [0.25, 0.3) is 5.91 Å². The van der Waals surface area contributed by atoms with E-state index in [-0.39, 0.29) is 18.9 Å². The van der Waals surface area contributed by atoms with Crippen LogP contribution in [-0.2, 0) is 14.8 Å². The maximum Gasteiger partial charge on any atom is 0.257 e. The molecule has 0 radical (unpaired) electrons. The average molecular weight is 404 g/mol. The van der Waals surface area contributed by atoms with Crippen molar-refractivity contribution in [3.8, 4) is 11.5 Å². The van der Waals surface area contributed by atoms with E-state index < -0.39 is 15.9 Å². The Hall–Kier alpha value is -3.27. The van der Waals surface area contributed by atoms with Crippen LogP contribution in [0.2, 0.25) is 0 Å². The zero-order chi connectivity index (χ0) is 20.0. The normalized spacial score (nSPS) is 11.2. The molecule has 0 aliphatic carbocycles. The van der Waals surface area contributed by atoms with Crippen LogP contribution in [0.25, 0.3) is 5.52 Å². The Bertz CT molecular complexity index is 1050. The molecule has 0 unspecified atom stereocenters. The van der Waals surface area contributed by atoms with E-state index >= 15 is 0 Å². The van der Waals surface area contributed by atoms with E-state index in [2.05, 4.69) is 15.1 Å². The number of aromatic nitrogens is 2. The van der Waals surface area contributed by atoms with Gasteiger partial charge in [-0.25, -0.2) is 12.9 Å². The number of carbonyl (C=O) groups is 1. The molecule has 28 heavy (non-hydrogen) atoms. The van der Waals surface area contributed by atoms with Gasteiger partial charge >= 0.3 is 0 Å². The minimum atomic E-state index is -3.61. The van der Waals surface area contributed by atoms with Crippen LogP contribution in [0.3, 0.4) is 0 Å². The lowest BCUT2D eigenvalue weighted by Gasteiger charge is -2.10. The fourth-order valence-corrected chi connectivity index (χ4v) is 3.37. The van der Waals surface area contributed by atoms with Gasteiger partial charge in [0.05, 0.1) is 24.1 Å². The quantitative estimate of drug-likeness (QED) is 0.556. The van der Waals surface area contributed by atoms with Crippen LogP contribution >= 0.6 is 0 Å². The van der Waals surface area contributed by atoms with Crippen molar-refractivity contribution in [2.75, 3.05) is 30.7 Å². The summed E-state index contributed by atoms with van der Waals surface area (Å²) in [5.74, 6) is 0.528. The minimum Gasteiger partial charge on any atom is -0.497 e. The third-order valence-corrected chi connectivity index (χ3v) is 5.08. The van der Waals surface area contributed by atoms with Crippen LogP contribution < -0.4 is 19.5 Å². The molecule has 0 saturated heterocycles. The molecule has 9 nitrogen and oxygen atoms in total. The van der Waals surface area contributed by atoms with Crippen molar-refractivity contribution in [2.45, 2.75) is 0 Å². The average Bonchev–Trinajstić information content (AvgIpc) is 3.14. The van der Waals surface area contributed by atoms with Gasteiger partial charge in [0.15, 0.2) is 6.61 Å². The van der Waals surface area contributed by atoms with Gasteiger partial charge in [-0.1, -0.05) is 0 Å². The van der Waals surface area contributed by atoms with E-state index in [9.17, 15) is 13.2 Å². The second kappa shape index (κ2) is 8.61. The summed E-state index contributed by atoms with van der Waals surface area (Å²) in [6.07, 6.45) is 3.28. The third-order valence-electron chi connectivity index (χ3n) is 3.80. The molecule has 148 valence electrons. The summed E-state index contributed by atoms with van der Waals surface area (Å²) in [7, 11) is -2.05. The van der Waals surface area contributed by atoms with E-state index in [1.54, 1.807) is 66.5 Å². The Balaban J connectivity index is 1.42. The van der Waals surface area contributed by atoms with Crippen molar-refractivity contribution >= 4 is 27.1 Å². The number of sulfonamides is 1. The zero-order valence-corrected chi connectivity index (χ0v) is 16.0. The molecular weight excluding hydrogens is 384 g/mol. The second-order valence-electron chi connectivity index (χ2n) is 5.85. The number of carbonyl (C=O) groups excluding carboxylic acids is 1. The Labute approximate surface area is 162 Å². The maximum atomic E-state index is 12.2. The van der Waals surface area contributed by atoms with Crippen molar-refractivity contribution in [1.82, 2.24) is 14.9 Å². The minimum absolute atomic E-state index is 0.0327. The van der Waals surface area contributed by atoms with Crippen LogP contribution in [0.1, 0.15) is 0 Å². The number of benzene rings is 1. The molecule has 1 amide bonds. The number of hydrogen-bond acceptors (Lipinski definition) is 6. The number of fused-ring (bicyclic) bond motifs is 1. The van der Waals surface area contributed by atoms with E-state index in [0.29, 0.717) is 17.2 Å². The van der Waals surface area contributed by atoms with E-state index in [0.717, 1.165) is 5.52 Å². The number of anilines is 1. The van der Waals surface area contributed by atoms with Crippen molar-refractivity contribution in [1.29, 1.82) is 0 Å². The Morgan fingerprint density at radius 1 is 1.14 bits per heavy atom. The molecule has 0 atom stereocenters. The predicted octanol–water partition coefficient (Wildman–Crippen LogP) is 1.28. The molecular formula is C18H20N4O5S. The standard InChI is InChI=1S/C18H20N4O5S/c1-26-16-2-4-17(5-3-16)27-13-18(23)19-9-11-28(24,25)21-14-7-10-22-15(12-14)6-8-20-22/h2-8,10,12,21H,9,11,13H2,1H3,(H,19,23). The second-order valence-corrected chi connectivity index (χ2v) is 7.69. The first-order valence-electron chi connectivity index (χ1n) is 8.43. The molecule has 0 aliphatic rings. The number of ether oxygens (including phenoxy) is 2. The predicted molar refractivity (Wildman–Crippen MR) is 104 cm³/mol. The van der Waals surface area contributed by atoms with Crippen LogP contribution in [0.5, 0.6) is 11.5 Å². The van der Waals surface area contributed by atoms with Crippen molar-refractivity contribution in [3.05, 3.63) is 54.9 Å². The summed E-state index contributed by atoms with van der Waals surface area (Å²) >= 11 is 0. The summed E-state index contributed by atoms with van der Waals surface area (Å²) in [4.78, 5) is 11.8. The lowest BCUT2D eigenvalue weighted by atomic mass is 10.3. The number of amides is 1. The van der Waals surface area contributed by atoms with Crippen molar-refractivity contribution in [3.63, 3.8) is 0 Å². The first-order chi connectivity index (χ1) is 13.4. The van der Waals surface area contributed by atoms with Crippen LogP contribution in [0.4, 0.5) is 5.69 Å². The number of nitrogens with one attached hydrogen (secondary N) is 2. The van der Waals surface area contributed by atoms with Gasteiger partial charge in [-0.15, -0.1) is 0 Å². The summed E-state index contributed by atoms with van der Waals surface area (Å²) in [6, 6.07) is 11.8. The number of nitrogens with zero attached hydrogens (tertiary/aromatic N) is 2. The zero-order valence-electron chi connectivity index (χ0n) is 15.2. The van der Waals surface area contributed by atoms with E-state index in [1.807, 2.05) is 0 Å². The molecule has 2 heterocycles. The third kappa shape index (κ3) is 5.36. The number of hydrogen-bond donors (Lipinski definition) is 2. The summed E-state index contributed by atoms with van der Waals surface area (Å²) in [5.41, 5.74) is 1.20. The lowest BCUT2D eigenvalue weighted by Crippen LogP contribution is -2.34. The number of rotatable bonds is 9. The van der Waals surface area contributed by atoms with Gasteiger partial charge in [0.2, 0.25) is 10.0 Å². The summed E-state index contributed by atoms with van der Waals surface area (Å²) in [6.45, 7) is -0.243. The van der Waals surface area contributed by atoms with Gasteiger partial charge in [-0.05, 0) is 42.5 Å². The molecule has 0 aliphatic heterocycles. The molecule has 0 saturated carbocycles. The Morgan fingerprint density at radius 3 is 2.64 bits per heavy atom. The van der Waals surface area contributed by atoms with Gasteiger partial charge in [0.1, 0.15) is 11.5 Å². The molecule has 0 bridgehead atoms. The molecule has 1 aromatic carbocycles. The highest BCUT2D eigenvalue weighted by molar-refractivity contribution is 7.92. The highest BCUT2D eigenvalue weighted by Crippen LogP contribution is 2.16. The molecule has 2 N–H and O–H groups in total. The molecule has 2 aromatic heterocycles. The Kier molecular flexibility index (Phi) is 5.99. The van der Waals surface area contributed by atoms with Crippen molar-refractivity contribution < 1.29 is 22.7 Å². The summed E-state index contributed by atoms with van der Waals surface area (Å²) < 4.78 is 38.8. The summed E-state index contributed by atoms with van der Waals surface area (Å²) in [5, 5.41) is 6.57. The first kappa shape index (κ1) is 19.5. The van der Waals surface area contributed by atoms with E-state index in [1.165, 1.54) is 0 Å². The number of pyridine rings is 1. The lowest BCUT2D eigenvalue weighted by molar-refractivity contribution is -0.122. The largest absolute Gasteiger partial charge is 0.497 e. The molecule has 0 fully saturated rings. The van der Waals surface area contributed by atoms with Gasteiger partial charge in [-0.3, -0.25) is 9.52 Å². The molecule has 3 rings (SSSR count). The first-order valence-corrected chi connectivity index (χ1v) is 10.1. The Morgan fingerprint density at radius 2 is 1.89 bits per heavy atom. The van der Waals surface area contributed by atoms with Crippen LogP contribution in [0, 0.1) is 0 Å². The van der Waals surface area contributed by atoms with Gasteiger partial charge < -0.3 is 14.8 Å². The topological polar surface area (TPSA) is 111 Å². The number of methoxy groups -OCH3 is 1. The van der Waals surface area contributed by atoms with Gasteiger partial charge in [0, 0.05) is 18.9 Å². The van der Waals surface area contributed by atoms with Crippen LogP contribution in [-0.4, -0.2) is 50.0 Å². The smallest absolute Gasteiger partial charge is 0.257 e. The molecule has 3 aromatic rings.